The number of methoxy groups -OCH3 is 2. The first-order chi connectivity index (χ1) is 11.2. The fraction of sp³-hybridized carbons (Fsp3) is 0.333. The minimum absolute atomic E-state index is 0.0892. The molecule has 0 amide bonds. The molecule has 1 aliphatic heterocycles. The van der Waals surface area contributed by atoms with Crippen molar-refractivity contribution in [2.24, 2.45) is 0 Å². The molecular formula is C18H20O5. The molecule has 0 bridgehead atoms. The largest absolute Gasteiger partial charge is 0.497 e. The van der Waals surface area contributed by atoms with Gasteiger partial charge in [0.25, 0.3) is 0 Å². The topological polar surface area (TPSA) is 57.2 Å². The third-order valence-corrected chi connectivity index (χ3v) is 3.95. The molecule has 0 saturated carbocycles. The number of aliphatic hydroxyl groups is 1. The van der Waals surface area contributed by atoms with Crippen LogP contribution in [-0.2, 0) is 15.3 Å². The van der Waals surface area contributed by atoms with Gasteiger partial charge in [-0.05, 0) is 48.5 Å². The minimum atomic E-state index is -1.04. The predicted molar refractivity (Wildman–Crippen MR) is 84.7 cm³/mol. The number of hydrogen-bond acceptors (Lipinski definition) is 5. The average molecular weight is 316 g/mol. The van der Waals surface area contributed by atoms with E-state index in [2.05, 4.69) is 0 Å². The molecule has 3 rings (SSSR count). The first kappa shape index (κ1) is 15.8. The van der Waals surface area contributed by atoms with E-state index in [1.54, 1.807) is 14.2 Å². The van der Waals surface area contributed by atoms with E-state index in [0.29, 0.717) is 6.61 Å². The monoisotopic (exact) mass is 316 g/mol. The van der Waals surface area contributed by atoms with E-state index in [1.165, 1.54) is 0 Å². The molecule has 1 fully saturated rings. The zero-order chi connectivity index (χ0) is 16.3. The van der Waals surface area contributed by atoms with Crippen molar-refractivity contribution in [1.29, 1.82) is 0 Å². The molecule has 1 N–H and O–H groups in total. The minimum Gasteiger partial charge on any atom is -0.497 e. The van der Waals surface area contributed by atoms with E-state index in [4.69, 9.17) is 18.9 Å². The standard InChI is InChI=1S/C18H20O5/c1-20-15-7-3-13(4-8-15)18(22-12-17(11-19)23-18)14-5-9-16(21-2)10-6-14/h3-10,17,19H,11-12H2,1-2H3. The number of aliphatic hydroxyl groups excluding tert-OH is 1. The van der Waals surface area contributed by atoms with Crippen LogP contribution < -0.4 is 9.47 Å². The molecule has 23 heavy (non-hydrogen) atoms. The van der Waals surface area contributed by atoms with Gasteiger partial charge in [-0.3, -0.25) is 0 Å². The highest BCUT2D eigenvalue weighted by Gasteiger charge is 2.44. The van der Waals surface area contributed by atoms with Crippen molar-refractivity contribution in [3.05, 3.63) is 59.7 Å². The van der Waals surface area contributed by atoms with Crippen LogP contribution in [0.1, 0.15) is 11.1 Å². The summed E-state index contributed by atoms with van der Waals surface area (Å²) in [6, 6.07) is 15.1. The van der Waals surface area contributed by atoms with Gasteiger partial charge in [0, 0.05) is 11.1 Å². The SMILES string of the molecule is COc1ccc(C2(c3ccc(OC)cc3)OCC(CO)O2)cc1. The summed E-state index contributed by atoms with van der Waals surface area (Å²) in [5.74, 6) is 0.483. The molecule has 5 heteroatoms. The van der Waals surface area contributed by atoms with Gasteiger partial charge in [0.1, 0.15) is 17.6 Å². The third-order valence-electron chi connectivity index (χ3n) is 3.95. The van der Waals surface area contributed by atoms with E-state index in [1.807, 2.05) is 48.5 Å². The van der Waals surface area contributed by atoms with Crippen LogP contribution in [0.2, 0.25) is 0 Å². The first-order valence-electron chi connectivity index (χ1n) is 7.43. The second kappa shape index (κ2) is 6.58. The molecule has 0 radical (unpaired) electrons. The van der Waals surface area contributed by atoms with Crippen molar-refractivity contribution in [2.75, 3.05) is 27.4 Å². The highest BCUT2D eigenvalue weighted by Crippen LogP contribution is 2.41. The molecule has 1 saturated heterocycles. The summed E-state index contributed by atoms with van der Waals surface area (Å²) in [7, 11) is 3.25. The van der Waals surface area contributed by atoms with Crippen LogP contribution in [0.3, 0.4) is 0 Å². The normalized spacial score (nSPS) is 19.5. The highest BCUT2D eigenvalue weighted by molar-refractivity contribution is 5.40. The first-order valence-corrected chi connectivity index (χ1v) is 7.43. The lowest BCUT2D eigenvalue weighted by atomic mass is 9.97. The molecular weight excluding hydrogens is 296 g/mol. The summed E-state index contributed by atoms with van der Waals surface area (Å²) in [4.78, 5) is 0. The molecule has 5 nitrogen and oxygen atoms in total. The third kappa shape index (κ3) is 2.91. The van der Waals surface area contributed by atoms with Crippen molar-refractivity contribution in [3.63, 3.8) is 0 Å². The van der Waals surface area contributed by atoms with E-state index in [-0.39, 0.29) is 12.7 Å². The van der Waals surface area contributed by atoms with Crippen LogP contribution in [0.5, 0.6) is 11.5 Å². The van der Waals surface area contributed by atoms with Gasteiger partial charge in [-0.15, -0.1) is 0 Å². The maximum absolute atomic E-state index is 9.41. The Labute approximate surface area is 135 Å². The van der Waals surface area contributed by atoms with Crippen molar-refractivity contribution < 1.29 is 24.1 Å². The zero-order valence-electron chi connectivity index (χ0n) is 13.2. The Morgan fingerprint density at radius 3 is 1.78 bits per heavy atom. The molecule has 2 aromatic carbocycles. The van der Waals surface area contributed by atoms with Crippen LogP contribution in [-0.4, -0.2) is 38.6 Å². The molecule has 0 aliphatic carbocycles. The van der Waals surface area contributed by atoms with Gasteiger partial charge < -0.3 is 24.1 Å². The Balaban J connectivity index is 2.02. The maximum Gasteiger partial charge on any atom is 0.222 e. The summed E-state index contributed by atoms with van der Waals surface area (Å²) in [5.41, 5.74) is 1.69. The lowest BCUT2D eigenvalue weighted by Gasteiger charge is -2.29. The van der Waals surface area contributed by atoms with Gasteiger partial charge in [-0.25, -0.2) is 0 Å². The van der Waals surface area contributed by atoms with Gasteiger partial charge in [-0.2, -0.15) is 0 Å². The fourth-order valence-corrected chi connectivity index (χ4v) is 2.69. The zero-order valence-corrected chi connectivity index (χ0v) is 13.2. The predicted octanol–water partition coefficient (Wildman–Crippen LogP) is 2.31. The quantitative estimate of drug-likeness (QED) is 0.917. The highest BCUT2D eigenvalue weighted by atomic mass is 16.7. The summed E-state index contributed by atoms with van der Waals surface area (Å²) in [6.07, 6.45) is -0.362. The second-order valence-corrected chi connectivity index (χ2v) is 5.31. The van der Waals surface area contributed by atoms with Crippen LogP contribution in [0.15, 0.2) is 48.5 Å². The molecule has 1 atom stereocenters. The van der Waals surface area contributed by atoms with Gasteiger partial charge in [0.15, 0.2) is 0 Å². The lowest BCUT2D eigenvalue weighted by molar-refractivity contribution is -0.146. The van der Waals surface area contributed by atoms with Crippen LogP contribution >= 0.6 is 0 Å². The van der Waals surface area contributed by atoms with Gasteiger partial charge in [0.05, 0.1) is 27.4 Å². The summed E-state index contributed by atoms with van der Waals surface area (Å²) < 4.78 is 22.5. The Kier molecular flexibility index (Phi) is 4.52. The average Bonchev–Trinajstić information content (AvgIpc) is 3.07. The second-order valence-electron chi connectivity index (χ2n) is 5.31. The Hall–Kier alpha value is -2.08. The van der Waals surface area contributed by atoms with E-state index in [9.17, 15) is 5.11 Å². The summed E-state index contributed by atoms with van der Waals surface area (Å²) >= 11 is 0. The van der Waals surface area contributed by atoms with Crippen molar-refractivity contribution in [1.82, 2.24) is 0 Å². The molecule has 1 heterocycles. The van der Waals surface area contributed by atoms with Crippen molar-refractivity contribution >= 4 is 0 Å². The Morgan fingerprint density at radius 2 is 1.43 bits per heavy atom. The van der Waals surface area contributed by atoms with Gasteiger partial charge in [-0.1, -0.05) is 0 Å². The van der Waals surface area contributed by atoms with E-state index >= 15 is 0 Å². The van der Waals surface area contributed by atoms with Gasteiger partial charge >= 0.3 is 0 Å². The smallest absolute Gasteiger partial charge is 0.222 e. The molecule has 122 valence electrons. The van der Waals surface area contributed by atoms with Crippen molar-refractivity contribution in [2.45, 2.75) is 11.9 Å². The molecule has 0 spiro atoms. The van der Waals surface area contributed by atoms with Crippen LogP contribution in [0.25, 0.3) is 0 Å². The fourth-order valence-electron chi connectivity index (χ4n) is 2.69. The van der Waals surface area contributed by atoms with Crippen LogP contribution in [0, 0.1) is 0 Å². The summed E-state index contributed by atoms with van der Waals surface area (Å²) in [5, 5.41) is 9.41. The Bertz CT molecular complexity index is 588. The van der Waals surface area contributed by atoms with E-state index in [0.717, 1.165) is 22.6 Å². The maximum atomic E-state index is 9.41. The lowest BCUT2D eigenvalue weighted by Crippen LogP contribution is -2.30. The molecule has 0 aromatic heterocycles. The molecule has 1 aliphatic rings. The van der Waals surface area contributed by atoms with Crippen LogP contribution in [0.4, 0.5) is 0 Å². The number of benzene rings is 2. The summed E-state index contributed by atoms with van der Waals surface area (Å²) in [6.45, 7) is 0.239. The van der Waals surface area contributed by atoms with E-state index < -0.39 is 5.79 Å². The molecule has 1 unspecified atom stereocenters. The van der Waals surface area contributed by atoms with Gasteiger partial charge in [0.2, 0.25) is 5.79 Å². The van der Waals surface area contributed by atoms with Crippen molar-refractivity contribution in [3.8, 4) is 11.5 Å². The number of rotatable bonds is 5. The Morgan fingerprint density at radius 1 is 0.957 bits per heavy atom. The number of hydrogen-bond donors (Lipinski definition) is 1. The molecule has 2 aromatic rings. The number of ether oxygens (including phenoxy) is 4.